The summed E-state index contributed by atoms with van der Waals surface area (Å²) in [6.07, 6.45) is -8.43. The van der Waals surface area contributed by atoms with Gasteiger partial charge in [-0.3, -0.25) is 0 Å². The Kier molecular flexibility index (Phi) is 14.9. The molecule has 70 heavy (non-hydrogen) atoms. The van der Waals surface area contributed by atoms with Gasteiger partial charge in [0.15, 0.2) is 5.60 Å². The van der Waals surface area contributed by atoms with Crippen molar-refractivity contribution < 1.29 is 60.0 Å². The first kappa shape index (κ1) is 52.2. The summed E-state index contributed by atoms with van der Waals surface area (Å²) in [4.78, 5) is 33.9. The van der Waals surface area contributed by atoms with Crippen LogP contribution in [-0.4, -0.2) is 46.5 Å². The van der Waals surface area contributed by atoms with E-state index in [4.69, 9.17) is 37.4 Å². The van der Waals surface area contributed by atoms with Gasteiger partial charge >= 0.3 is 24.3 Å². The van der Waals surface area contributed by atoms with Gasteiger partial charge < -0.3 is 24.1 Å². The minimum absolute atomic E-state index is 0.0218. The number of benzene rings is 4. The van der Waals surface area contributed by atoms with Gasteiger partial charge in [-0.15, -0.1) is 0 Å². The fourth-order valence-corrected chi connectivity index (χ4v) is 8.88. The van der Waals surface area contributed by atoms with E-state index in [9.17, 15) is 38.4 Å². The summed E-state index contributed by atoms with van der Waals surface area (Å²) in [5.74, 6) is -5.71. The van der Waals surface area contributed by atoms with E-state index in [1.165, 1.54) is 96.5 Å². The van der Waals surface area contributed by atoms with Crippen LogP contribution in [0.25, 0.3) is 0 Å². The SMILES string of the molecule is COC(=O)c1ccc(Oc2ccc(C(C)C(OC(=O)c3ccc(Oc4ccc(C(C)C(O)(c5cc(C)c(C#N)c(C)c5)C(F)(F)F)c(Cl)c4)nc3)(c3cc(C)c(C#N)c(C)c3)C(F)(F)F)c(Cl)c2)nc1. The summed E-state index contributed by atoms with van der Waals surface area (Å²) in [5.41, 5.74) is -7.32. The van der Waals surface area contributed by atoms with E-state index in [2.05, 4.69) is 14.7 Å². The zero-order valence-electron chi connectivity index (χ0n) is 38.1. The third-order valence-corrected chi connectivity index (χ3v) is 12.6. The molecule has 0 amide bonds. The van der Waals surface area contributed by atoms with E-state index in [1.54, 1.807) is 0 Å². The van der Waals surface area contributed by atoms with Gasteiger partial charge in [0.25, 0.3) is 0 Å². The quantitative estimate of drug-likeness (QED) is 0.0864. The van der Waals surface area contributed by atoms with Crippen molar-refractivity contribution >= 4 is 35.1 Å². The molecule has 6 rings (SSSR count). The normalized spacial score (nSPS) is 14.2. The fraction of sp³-hybridized carbons (Fsp3) is 0.255. The van der Waals surface area contributed by atoms with Crippen molar-refractivity contribution in [3.05, 3.63) is 174 Å². The van der Waals surface area contributed by atoms with Crippen LogP contribution in [0.5, 0.6) is 23.3 Å². The number of nitriles is 2. The number of alkyl halides is 6. The molecular formula is C51H40Cl2F6N4O7. The number of carbonyl (C=O) groups excluding carboxylic acids is 2. The maximum Gasteiger partial charge on any atom is 0.433 e. The van der Waals surface area contributed by atoms with Crippen molar-refractivity contribution in [3.8, 4) is 35.4 Å². The molecule has 0 spiro atoms. The molecule has 0 aliphatic rings. The number of halogens is 8. The lowest BCUT2D eigenvalue weighted by Gasteiger charge is -2.41. The minimum Gasteiger partial charge on any atom is -0.465 e. The monoisotopic (exact) mass is 1000 g/mol. The molecule has 0 fully saturated rings. The van der Waals surface area contributed by atoms with Crippen molar-refractivity contribution in [3.63, 3.8) is 0 Å². The van der Waals surface area contributed by atoms with Gasteiger partial charge in [0.1, 0.15) is 11.5 Å². The Morgan fingerprint density at radius 2 is 1.03 bits per heavy atom. The lowest BCUT2D eigenvalue weighted by molar-refractivity contribution is -0.274. The summed E-state index contributed by atoms with van der Waals surface area (Å²) in [5, 5.41) is 30.2. The second-order valence-corrected chi connectivity index (χ2v) is 17.2. The van der Waals surface area contributed by atoms with Gasteiger partial charge in [-0.25, -0.2) is 19.6 Å². The summed E-state index contributed by atoms with van der Waals surface area (Å²) in [6, 6.07) is 20.8. The number of rotatable bonds is 13. The van der Waals surface area contributed by atoms with Crippen molar-refractivity contribution in [2.75, 3.05) is 7.11 Å². The molecule has 6 aromatic rings. The number of aryl methyl sites for hydroxylation is 4. The van der Waals surface area contributed by atoms with Gasteiger partial charge in [0.2, 0.25) is 17.4 Å². The maximum absolute atomic E-state index is 16.0. The molecule has 19 heteroatoms. The molecule has 0 radical (unpaired) electrons. The lowest BCUT2D eigenvalue weighted by atomic mass is 9.76. The van der Waals surface area contributed by atoms with Crippen molar-refractivity contribution in [2.24, 2.45) is 0 Å². The molecule has 0 saturated heterocycles. The molecule has 0 bridgehead atoms. The minimum atomic E-state index is -5.34. The first-order valence-corrected chi connectivity index (χ1v) is 21.6. The number of nitrogens with zero attached hydrogens (tertiary/aromatic N) is 4. The van der Waals surface area contributed by atoms with Crippen molar-refractivity contribution in [2.45, 2.75) is 76.9 Å². The van der Waals surface area contributed by atoms with Crippen molar-refractivity contribution in [1.29, 1.82) is 10.5 Å². The average Bonchev–Trinajstić information content (AvgIpc) is 3.29. The van der Waals surface area contributed by atoms with Gasteiger partial charge in [-0.2, -0.15) is 36.9 Å². The van der Waals surface area contributed by atoms with Crippen LogP contribution in [0.4, 0.5) is 26.3 Å². The zero-order valence-corrected chi connectivity index (χ0v) is 39.6. The second kappa shape index (κ2) is 20.0. The summed E-state index contributed by atoms with van der Waals surface area (Å²) < 4.78 is 114. The van der Waals surface area contributed by atoms with Gasteiger partial charge in [-0.1, -0.05) is 73.4 Å². The molecule has 2 heterocycles. The largest absolute Gasteiger partial charge is 0.465 e. The van der Waals surface area contributed by atoms with Gasteiger partial charge in [0, 0.05) is 52.0 Å². The molecule has 0 aliphatic heterocycles. The van der Waals surface area contributed by atoms with Gasteiger partial charge in [0.05, 0.1) is 41.5 Å². The van der Waals surface area contributed by atoms with Crippen LogP contribution in [-0.2, 0) is 20.7 Å². The summed E-state index contributed by atoms with van der Waals surface area (Å²) >= 11 is 13.2. The number of aromatic nitrogens is 2. The van der Waals surface area contributed by atoms with Crippen LogP contribution >= 0.6 is 23.2 Å². The highest BCUT2D eigenvalue weighted by Gasteiger charge is 2.64. The molecule has 11 nitrogen and oxygen atoms in total. The summed E-state index contributed by atoms with van der Waals surface area (Å²) in [6.45, 7) is 8.12. The highest BCUT2D eigenvalue weighted by Crippen LogP contribution is 2.54. The lowest BCUT2D eigenvalue weighted by Crippen LogP contribution is -2.50. The zero-order chi connectivity index (χ0) is 51.7. The van der Waals surface area contributed by atoms with E-state index in [1.807, 2.05) is 12.1 Å². The molecule has 0 aliphatic carbocycles. The molecule has 4 aromatic carbocycles. The summed E-state index contributed by atoms with van der Waals surface area (Å²) in [7, 11) is 1.20. The van der Waals surface area contributed by atoms with E-state index in [0.29, 0.717) is 0 Å². The molecule has 362 valence electrons. The number of esters is 2. The van der Waals surface area contributed by atoms with Gasteiger partial charge in [-0.05, 0) is 103 Å². The molecule has 0 saturated carbocycles. The Morgan fingerprint density at radius 3 is 1.39 bits per heavy atom. The van der Waals surface area contributed by atoms with Crippen LogP contribution in [0.3, 0.4) is 0 Å². The van der Waals surface area contributed by atoms with E-state index < -0.39 is 64.0 Å². The number of pyridine rings is 2. The third kappa shape index (κ3) is 9.96. The number of hydrogen-bond donors (Lipinski definition) is 1. The molecule has 2 aromatic heterocycles. The van der Waals surface area contributed by atoms with Crippen molar-refractivity contribution in [1.82, 2.24) is 9.97 Å². The standard InChI is InChI=1S/C51H40Cl2F6N4O7/c1-26-16-34(17-27(2)40(26)22-60)48(66,50(54,55)56)30(5)38-12-10-36(20-42(38)52)68-45-15-9-33(25-63-45)47(65)70-49(51(57,58)59,35-18-28(3)41(23-61)29(4)19-35)31(6)39-13-11-37(21-43(39)53)69-44-14-8-32(24-62-44)46(64)67-7/h8-21,24-25,30-31,66H,1-7H3. The number of ether oxygens (including phenoxy) is 4. The molecular weight excluding hydrogens is 965 g/mol. The second-order valence-electron chi connectivity index (χ2n) is 16.4. The number of aliphatic hydroxyl groups is 1. The maximum atomic E-state index is 16.0. The molecule has 4 atom stereocenters. The Bertz CT molecular complexity index is 3040. The smallest absolute Gasteiger partial charge is 0.433 e. The van der Waals surface area contributed by atoms with Crippen LogP contribution < -0.4 is 9.47 Å². The Labute approximate surface area is 407 Å². The predicted molar refractivity (Wildman–Crippen MR) is 244 cm³/mol. The number of methoxy groups -OCH3 is 1. The first-order valence-electron chi connectivity index (χ1n) is 20.9. The predicted octanol–water partition coefficient (Wildman–Crippen LogP) is 13.1. The first-order chi connectivity index (χ1) is 32.8. The third-order valence-electron chi connectivity index (χ3n) is 12.0. The Balaban J connectivity index is 1.30. The van der Waals surface area contributed by atoms with E-state index >= 15 is 13.2 Å². The van der Waals surface area contributed by atoms with Crippen LogP contribution in [0, 0.1) is 50.4 Å². The van der Waals surface area contributed by atoms with E-state index in [0.717, 1.165) is 49.5 Å². The average molecular weight is 1010 g/mol. The molecule has 4 unspecified atom stereocenters. The highest BCUT2D eigenvalue weighted by atomic mass is 35.5. The van der Waals surface area contributed by atoms with Crippen LogP contribution in [0.2, 0.25) is 10.0 Å². The fourth-order valence-electron chi connectivity index (χ4n) is 8.21. The highest BCUT2D eigenvalue weighted by molar-refractivity contribution is 6.32. The Hall–Kier alpha value is -7.18. The van der Waals surface area contributed by atoms with Crippen LogP contribution in [0.15, 0.2) is 97.3 Å². The Morgan fingerprint density at radius 1 is 0.614 bits per heavy atom. The van der Waals surface area contributed by atoms with E-state index in [-0.39, 0.29) is 83.4 Å². The topological polar surface area (TPSA) is 165 Å². The van der Waals surface area contributed by atoms with Crippen LogP contribution in [0.1, 0.15) is 102 Å². The molecule has 1 N–H and O–H groups in total. The number of carbonyl (C=O) groups is 2. The number of hydrogen-bond acceptors (Lipinski definition) is 11.